The lowest BCUT2D eigenvalue weighted by Gasteiger charge is -1.99. The molecule has 0 unspecified atom stereocenters. The van der Waals surface area contributed by atoms with E-state index in [9.17, 15) is 0 Å². The summed E-state index contributed by atoms with van der Waals surface area (Å²) >= 11 is 12.1. The van der Waals surface area contributed by atoms with Crippen LogP contribution in [0.15, 0.2) is 48.5 Å². The number of aryl methyl sites for hydroxylation is 1. The molecule has 0 aliphatic carbocycles. The lowest BCUT2D eigenvalue weighted by Crippen LogP contribution is -1.82. The Kier molecular flexibility index (Phi) is 3.51. The van der Waals surface area contributed by atoms with Gasteiger partial charge in [-0.15, -0.1) is 0 Å². The molecule has 0 aliphatic rings. The largest absolute Gasteiger partial charge is 0.342 e. The molecule has 0 atom stereocenters. The van der Waals surface area contributed by atoms with Gasteiger partial charge in [-0.3, -0.25) is 0 Å². The Morgan fingerprint density at radius 2 is 1.55 bits per heavy atom. The highest BCUT2D eigenvalue weighted by molar-refractivity contribution is 6.35. The zero-order valence-electron chi connectivity index (χ0n) is 10.8. The number of hydrogen-bond donors (Lipinski definition) is 1. The molecule has 0 saturated carbocycles. The Bertz CT molecular complexity index is 728. The van der Waals surface area contributed by atoms with Crippen molar-refractivity contribution in [2.45, 2.75) is 6.92 Å². The van der Waals surface area contributed by atoms with Gasteiger partial charge >= 0.3 is 0 Å². The Balaban J connectivity index is 2.09. The van der Waals surface area contributed by atoms with Gasteiger partial charge in [-0.2, -0.15) is 0 Å². The van der Waals surface area contributed by atoms with E-state index in [1.807, 2.05) is 49.4 Å². The molecule has 1 N–H and O–H groups in total. The van der Waals surface area contributed by atoms with E-state index in [0.29, 0.717) is 10.0 Å². The predicted octanol–water partition coefficient (Wildman–Crippen LogP) is 5.36. The zero-order valence-corrected chi connectivity index (χ0v) is 12.3. The summed E-state index contributed by atoms with van der Waals surface area (Å²) in [6, 6.07) is 15.5. The summed E-state index contributed by atoms with van der Waals surface area (Å²) in [7, 11) is 0. The third-order valence-corrected chi connectivity index (χ3v) is 3.50. The van der Waals surface area contributed by atoms with Crippen LogP contribution in [0.1, 0.15) is 5.69 Å². The van der Waals surface area contributed by atoms with E-state index in [-0.39, 0.29) is 0 Å². The fourth-order valence-electron chi connectivity index (χ4n) is 2.16. The van der Waals surface area contributed by atoms with Gasteiger partial charge in [0.1, 0.15) is 5.82 Å². The van der Waals surface area contributed by atoms with E-state index in [4.69, 9.17) is 23.2 Å². The van der Waals surface area contributed by atoms with Crippen LogP contribution >= 0.6 is 23.2 Å². The van der Waals surface area contributed by atoms with Crippen molar-refractivity contribution in [3.63, 3.8) is 0 Å². The number of halogens is 2. The maximum atomic E-state index is 6.04. The van der Waals surface area contributed by atoms with Crippen LogP contribution < -0.4 is 0 Å². The first-order valence-electron chi connectivity index (χ1n) is 6.22. The van der Waals surface area contributed by atoms with Gasteiger partial charge in [0.2, 0.25) is 0 Å². The summed E-state index contributed by atoms with van der Waals surface area (Å²) in [5.41, 5.74) is 3.92. The molecule has 0 amide bonds. The van der Waals surface area contributed by atoms with E-state index in [0.717, 1.165) is 28.3 Å². The third-order valence-electron chi connectivity index (χ3n) is 3.07. The molecule has 2 aromatic carbocycles. The van der Waals surface area contributed by atoms with E-state index >= 15 is 0 Å². The fourth-order valence-corrected chi connectivity index (χ4v) is 2.69. The highest BCUT2D eigenvalue weighted by Crippen LogP contribution is 2.29. The first-order chi connectivity index (χ1) is 9.63. The van der Waals surface area contributed by atoms with Crippen molar-refractivity contribution in [1.29, 1.82) is 0 Å². The summed E-state index contributed by atoms with van der Waals surface area (Å²) in [6.45, 7) is 2.00. The Labute approximate surface area is 127 Å². The van der Waals surface area contributed by atoms with Crippen LogP contribution in [0.2, 0.25) is 10.0 Å². The monoisotopic (exact) mass is 302 g/mol. The molecule has 2 nitrogen and oxygen atoms in total. The number of hydrogen-bond acceptors (Lipinski definition) is 1. The average molecular weight is 303 g/mol. The molecule has 0 bridgehead atoms. The van der Waals surface area contributed by atoms with Crippen molar-refractivity contribution >= 4 is 23.2 Å². The van der Waals surface area contributed by atoms with Gasteiger partial charge in [0.25, 0.3) is 0 Å². The Morgan fingerprint density at radius 3 is 2.20 bits per heavy atom. The second kappa shape index (κ2) is 5.31. The van der Waals surface area contributed by atoms with Gasteiger partial charge in [0, 0.05) is 26.9 Å². The van der Waals surface area contributed by atoms with Crippen LogP contribution in [0.4, 0.5) is 0 Å². The number of nitrogens with zero attached hydrogens (tertiary/aromatic N) is 1. The van der Waals surface area contributed by atoms with E-state index in [1.54, 1.807) is 6.07 Å². The van der Waals surface area contributed by atoms with Gasteiger partial charge in [-0.1, -0.05) is 53.5 Å². The van der Waals surface area contributed by atoms with Crippen molar-refractivity contribution in [2.24, 2.45) is 0 Å². The minimum Gasteiger partial charge on any atom is -0.342 e. The zero-order chi connectivity index (χ0) is 14.1. The highest BCUT2D eigenvalue weighted by Gasteiger charge is 2.11. The van der Waals surface area contributed by atoms with E-state index in [2.05, 4.69) is 9.97 Å². The molecule has 3 rings (SSSR count). The van der Waals surface area contributed by atoms with Crippen LogP contribution in [0.3, 0.4) is 0 Å². The van der Waals surface area contributed by atoms with Crippen molar-refractivity contribution in [3.05, 3.63) is 64.3 Å². The van der Waals surface area contributed by atoms with Crippen LogP contribution in [0.5, 0.6) is 0 Å². The number of H-pyrrole nitrogens is 1. The summed E-state index contributed by atoms with van der Waals surface area (Å²) in [4.78, 5) is 7.95. The number of imidazole rings is 1. The van der Waals surface area contributed by atoms with Gasteiger partial charge in [0.05, 0.1) is 5.69 Å². The minimum atomic E-state index is 0.600. The van der Waals surface area contributed by atoms with Crippen molar-refractivity contribution in [3.8, 4) is 22.6 Å². The minimum absolute atomic E-state index is 0.600. The van der Waals surface area contributed by atoms with Gasteiger partial charge in [-0.25, -0.2) is 4.98 Å². The number of aromatic amines is 1. The summed E-state index contributed by atoms with van der Waals surface area (Å²) in [5, 5.41) is 1.20. The van der Waals surface area contributed by atoms with Crippen LogP contribution in [-0.4, -0.2) is 9.97 Å². The van der Waals surface area contributed by atoms with Crippen molar-refractivity contribution in [1.82, 2.24) is 9.97 Å². The topological polar surface area (TPSA) is 28.7 Å². The molecule has 100 valence electrons. The lowest BCUT2D eigenvalue weighted by atomic mass is 10.1. The molecule has 0 spiro atoms. The van der Waals surface area contributed by atoms with Gasteiger partial charge in [0.15, 0.2) is 0 Å². The lowest BCUT2D eigenvalue weighted by molar-refractivity contribution is 1.26. The second-order valence-corrected chi connectivity index (χ2v) is 5.46. The summed E-state index contributed by atoms with van der Waals surface area (Å²) in [6.07, 6.45) is 0. The molecular weight excluding hydrogens is 291 g/mol. The number of nitrogens with one attached hydrogen (secondary N) is 1. The number of benzene rings is 2. The smallest absolute Gasteiger partial charge is 0.138 e. The molecule has 1 heterocycles. The van der Waals surface area contributed by atoms with E-state index < -0.39 is 0 Å². The highest BCUT2D eigenvalue weighted by atomic mass is 35.5. The molecule has 4 heteroatoms. The molecule has 0 radical (unpaired) electrons. The van der Waals surface area contributed by atoms with Crippen molar-refractivity contribution < 1.29 is 0 Å². The van der Waals surface area contributed by atoms with Crippen LogP contribution in [0, 0.1) is 6.92 Å². The average Bonchev–Trinajstić information content (AvgIpc) is 2.81. The summed E-state index contributed by atoms with van der Waals surface area (Å²) in [5.74, 6) is 0.769. The maximum Gasteiger partial charge on any atom is 0.138 e. The normalized spacial score (nSPS) is 10.8. The fraction of sp³-hybridized carbons (Fsp3) is 0.0625. The predicted molar refractivity (Wildman–Crippen MR) is 84.2 cm³/mol. The summed E-state index contributed by atoms with van der Waals surface area (Å²) < 4.78 is 0. The SMILES string of the molecule is Cc1[nH]c(-c2cc(Cl)cc(Cl)c2)nc1-c1ccccc1. The molecule has 1 aromatic heterocycles. The quantitative estimate of drug-likeness (QED) is 0.678. The van der Waals surface area contributed by atoms with Crippen LogP contribution in [-0.2, 0) is 0 Å². The Hall–Kier alpha value is -1.77. The first-order valence-corrected chi connectivity index (χ1v) is 6.97. The van der Waals surface area contributed by atoms with Crippen LogP contribution in [0.25, 0.3) is 22.6 Å². The maximum absolute atomic E-state index is 6.04. The third kappa shape index (κ3) is 2.58. The molecule has 0 fully saturated rings. The Morgan fingerprint density at radius 1 is 0.900 bits per heavy atom. The first kappa shape index (κ1) is 13.2. The second-order valence-electron chi connectivity index (χ2n) is 4.58. The van der Waals surface area contributed by atoms with E-state index in [1.165, 1.54) is 0 Å². The molecular formula is C16H12Cl2N2. The standard InChI is InChI=1S/C16H12Cl2N2/c1-10-15(11-5-3-2-4-6-11)20-16(19-10)12-7-13(17)9-14(18)8-12/h2-9H,1H3,(H,19,20). The number of rotatable bonds is 2. The van der Waals surface area contributed by atoms with Gasteiger partial charge < -0.3 is 4.98 Å². The molecule has 0 saturated heterocycles. The molecule has 20 heavy (non-hydrogen) atoms. The number of aromatic nitrogens is 2. The molecule has 3 aromatic rings. The molecule has 0 aliphatic heterocycles. The van der Waals surface area contributed by atoms with Gasteiger partial charge in [-0.05, 0) is 25.1 Å². The van der Waals surface area contributed by atoms with Crippen molar-refractivity contribution in [2.75, 3.05) is 0 Å².